The maximum absolute atomic E-state index is 5.87. The summed E-state index contributed by atoms with van der Waals surface area (Å²) in [4.78, 5) is 4.22. The van der Waals surface area contributed by atoms with E-state index in [1.54, 1.807) is 6.20 Å². The zero-order chi connectivity index (χ0) is 9.14. The molecule has 1 aromatic rings. The average Bonchev–Trinajstić information content (AvgIpc) is 2.04. The lowest BCUT2D eigenvalue weighted by molar-refractivity contribution is 0.827. The van der Waals surface area contributed by atoms with Gasteiger partial charge in [0.2, 0.25) is 0 Å². The van der Waals surface area contributed by atoms with E-state index in [2.05, 4.69) is 24.1 Å². The highest BCUT2D eigenvalue weighted by molar-refractivity contribution is 5.68. The SMILES string of the molecule is CNc1ccnc(C(C)C)c1N. The molecule has 0 saturated carbocycles. The van der Waals surface area contributed by atoms with Gasteiger partial charge in [0, 0.05) is 13.2 Å². The topological polar surface area (TPSA) is 50.9 Å². The van der Waals surface area contributed by atoms with E-state index < -0.39 is 0 Å². The van der Waals surface area contributed by atoms with Crippen LogP contribution in [0.2, 0.25) is 0 Å². The number of hydrogen-bond acceptors (Lipinski definition) is 3. The fraction of sp³-hybridized carbons (Fsp3) is 0.444. The average molecular weight is 165 g/mol. The van der Waals surface area contributed by atoms with Crippen molar-refractivity contribution >= 4 is 11.4 Å². The fourth-order valence-electron chi connectivity index (χ4n) is 1.17. The van der Waals surface area contributed by atoms with Crippen LogP contribution in [-0.4, -0.2) is 12.0 Å². The number of nitrogens with zero attached hydrogens (tertiary/aromatic N) is 1. The van der Waals surface area contributed by atoms with Gasteiger partial charge >= 0.3 is 0 Å². The summed E-state index contributed by atoms with van der Waals surface area (Å²) in [6.45, 7) is 4.16. The molecule has 3 nitrogen and oxygen atoms in total. The molecule has 3 N–H and O–H groups in total. The van der Waals surface area contributed by atoms with Gasteiger partial charge in [-0.25, -0.2) is 0 Å². The number of nitrogens with two attached hydrogens (primary N) is 1. The lowest BCUT2D eigenvalue weighted by atomic mass is 10.1. The predicted octanol–water partition coefficient (Wildman–Crippen LogP) is 1.83. The molecule has 0 radical (unpaired) electrons. The molecule has 0 aromatic carbocycles. The predicted molar refractivity (Wildman–Crippen MR) is 52.3 cm³/mol. The second-order valence-electron chi connectivity index (χ2n) is 3.06. The van der Waals surface area contributed by atoms with E-state index in [0.717, 1.165) is 17.1 Å². The number of aromatic nitrogens is 1. The Morgan fingerprint density at radius 2 is 2.17 bits per heavy atom. The summed E-state index contributed by atoms with van der Waals surface area (Å²) in [5.74, 6) is 0.373. The van der Waals surface area contributed by atoms with Crippen molar-refractivity contribution in [3.8, 4) is 0 Å². The van der Waals surface area contributed by atoms with Gasteiger partial charge in [-0.15, -0.1) is 0 Å². The van der Waals surface area contributed by atoms with Crippen molar-refractivity contribution in [3.63, 3.8) is 0 Å². The zero-order valence-electron chi connectivity index (χ0n) is 7.76. The second-order valence-corrected chi connectivity index (χ2v) is 3.06. The number of rotatable bonds is 2. The van der Waals surface area contributed by atoms with Crippen molar-refractivity contribution in [2.24, 2.45) is 0 Å². The first-order chi connectivity index (χ1) is 5.66. The number of anilines is 2. The van der Waals surface area contributed by atoms with Gasteiger partial charge < -0.3 is 11.1 Å². The molecular weight excluding hydrogens is 150 g/mol. The quantitative estimate of drug-likeness (QED) is 0.703. The number of hydrogen-bond donors (Lipinski definition) is 2. The van der Waals surface area contributed by atoms with Crippen LogP contribution in [0.4, 0.5) is 11.4 Å². The van der Waals surface area contributed by atoms with Crippen LogP contribution in [0.15, 0.2) is 12.3 Å². The van der Waals surface area contributed by atoms with E-state index >= 15 is 0 Å². The van der Waals surface area contributed by atoms with Crippen LogP contribution in [0, 0.1) is 0 Å². The van der Waals surface area contributed by atoms with Crippen molar-refractivity contribution in [1.29, 1.82) is 0 Å². The van der Waals surface area contributed by atoms with E-state index in [-0.39, 0.29) is 0 Å². The van der Waals surface area contributed by atoms with Crippen LogP contribution in [0.25, 0.3) is 0 Å². The smallest absolute Gasteiger partial charge is 0.0771 e. The molecule has 0 spiro atoms. The Morgan fingerprint density at radius 1 is 1.50 bits per heavy atom. The molecule has 1 aromatic heterocycles. The van der Waals surface area contributed by atoms with Gasteiger partial charge in [0.05, 0.1) is 17.1 Å². The van der Waals surface area contributed by atoms with Crippen molar-refractivity contribution in [1.82, 2.24) is 4.98 Å². The molecule has 0 saturated heterocycles. The van der Waals surface area contributed by atoms with Gasteiger partial charge in [0.1, 0.15) is 0 Å². The van der Waals surface area contributed by atoms with Crippen molar-refractivity contribution < 1.29 is 0 Å². The lowest BCUT2D eigenvalue weighted by Crippen LogP contribution is -2.03. The molecule has 0 aliphatic rings. The normalized spacial score (nSPS) is 10.3. The van der Waals surface area contributed by atoms with Gasteiger partial charge in [0.15, 0.2) is 0 Å². The van der Waals surface area contributed by atoms with Gasteiger partial charge in [-0.05, 0) is 12.0 Å². The molecule has 0 fully saturated rings. The molecular formula is C9H15N3. The number of pyridine rings is 1. The Balaban J connectivity index is 3.14. The molecule has 0 unspecified atom stereocenters. The highest BCUT2D eigenvalue weighted by Gasteiger charge is 2.07. The third-order valence-electron chi connectivity index (χ3n) is 1.84. The minimum Gasteiger partial charge on any atom is -0.396 e. The summed E-state index contributed by atoms with van der Waals surface area (Å²) in [6, 6.07) is 1.88. The number of nitrogen functional groups attached to an aromatic ring is 1. The first kappa shape index (κ1) is 8.84. The van der Waals surface area contributed by atoms with Crippen LogP contribution in [0.5, 0.6) is 0 Å². The molecule has 0 aliphatic heterocycles. The standard InChI is InChI=1S/C9H15N3/c1-6(2)9-8(10)7(11-3)4-5-12-9/h4-6H,10H2,1-3H3,(H,11,12). The lowest BCUT2D eigenvalue weighted by Gasteiger charge is -2.11. The highest BCUT2D eigenvalue weighted by Crippen LogP contribution is 2.25. The minimum atomic E-state index is 0.373. The van der Waals surface area contributed by atoms with E-state index in [9.17, 15) is 0 Å². The van der Waals surface area contributed by atoms with Gasteiger partial charge in [0.25, 0.3) is 0 Å². The molecule has 0 bridgehead atoms. The van der Waals surface area contributed by atoms with E-state index in [4.69, 9.17) is 5.73 Å². The summed E-state index contributed by atoms with van der Waals surface area (Å²) in [5.41, 5.74) is 8.54. The summed E-state index contributed by atoms with van der Waals surface area (Å²) in [6.07, 6.45) is 1.78. The molecule has 12 heavy (non-hydrogen) atoms. The Kier molecular flexibility index (Phi) is 2.53. The molecule has 3 heteroatoms. The summed E-state index contributed by atoms with van der Waals surface area (Å²) in [7, 11) is 1.86. The van der Waals surface area contributed by atoms with Crippen LogP contribution in [0.1, 0.15) is 25.5 Å². The van der Waals surface area contributed by atoms with Crippen molar-refractivity contribution in [3.05, 3.63) is 18.0 Å². The van der Waals surface area contributed by atoms with Crippen molar-refractivity contribution in [2.75, 3.05) is 18.1 Å². The number of nitrogens with one attached hydrogen (secondary N) is 1. The molecule has 1 heterocycles. The molecule has 0 atom stereocenters. The van der Waals surface area contributed by atoms with E-state index in [1.165, 1.54) is 0 Å². The Morgan fingerprint density at radius 3 is 2.67 bits per heavy atom. The van der Waals surface area contributed by atoms with Gasteiger partial charge in [-0.1, -0.05) is 13.8 Å². The van der Waals surface area contributed by atoms with Crippen LogP contribution >= 0.6 is 0 Å². The van der Waals surface area contributed by atoms with E-state index in [1.807, 2.05) is 13.1 Å². The Bertz CT molecular complexity index is 268. The first-order valence-corrected chi connectivity index (χ1v) is 4.09. The van der Waals surface area contributed by atoms with Gasteiger partial charge in [-0.2, -0.15) is 0 Å². The Labute approximate surface area is 73.0 Å². The maximum atomic E-state index is 5.87. The zero-order valence-corrected chi connectivity index (χ0v) is 7.76. The fourth-order valence-corrected chi connectivity index (χ4v) is 1.17. The minimum absolute atomic E-state index is 0.373. The van der Waals surface area contributed by atoms with Crippen LogP contribution in [-0.2, 0) is 0 Å². The third-order valence-corrected chi connectivity index (χ3v) is 1.84. The summed E-state index contributed by atoms with van der Waals surface area (Å²) >= 11 is 0. The molecule has 0 amide bonds. The third kappa shape index (κ3) is 1.49. The van der Waals surface area contributed by atoms with Crippen molar-refractivity contribution in [2.45, 2.75) is 19.8 Å². The summed E-state index contributed by atoms with van der Waals surface area (Å²) < 4.78 is 0. The summed E-state index contributed by atoms with van der Waals surface area (Å²) in [5, 5.41) is 3.03. The van der Waals surface area contributed by atoms with E-state index in [0.29, 0.717) is 5.92 Å². The molecule has 66 valence electrons. The first-order valence-electron chi connectivity index (χ1n) is 4.09. The second kappa shape index (κ2) is 3.43. The van der Waals surface area contributed by atoms with Crippen LogP contribution in [0.3, 0.4) is 0 Å². The molecule has 1 rings (SSSR count). The monoisotopic (exact) mass is 165 g/mol. The van der Waals surface area contributed by atoms with Gasteiger partial charge in [-0.3, -0.25) is 4.98 Å². The Hall–Kier alpha value is -1.25. The highest BCUT2D eigenvalue weighted by atomic mass is 14.9. The maximum Gasteiger partial charge on any atom is 0.0771 e. The molecule has 0 aliphatic carbocycles. The largest absolute Gasteiger partial charge is 0.396 e. The van der Waals surface area contributed by atoms with Crippen LogP contribution < -0.4 is 11.1 Å².